The summed E-state index contributed by atoms with van der Waals surface area (Å²) in [4.78, 5) is 3.17. The van der Waals surface area contributed by atoms with Gasteiger partial charge >= 0.3 is 0 Å². The predicted molar refractivity (Wildman–Crippen MR) is 38.3 cm³/mol. The van der Waals surface area contributed by atoms with Crippen molar-refractivity contribution >= 4 is 9.20 Å². The van der Waals surface area contributed by atoms with E-state index in [1.54, 1.807) is 0 Å². The molecule has 1 unspecified atom stereocenters. The van der Waals surface area contributed by atoms with E-state index in [0.717, 1.165) is 6.61 Å². The molecule has 0 amide bonds. The standard InChI is InChI=1S/C5H15NOSi/c1-4-7-8(5-2)6-3/h6,8H,4-5H2,1-3H3. The van der Waals surface area contributed by atoms with Crippen molar-refractivity contribution in [1.29, 1.82) is 0 Å². The zero-order chi connectivity index (χ0) is 6.41. The van der Waals surface area contributed by atoms with Crippen LogP contribution in [0.25, 0.3) is 0 Å². The van der Waals surface area contributed by atoms with E-state index in [4.69, 9.17) is 4.43 Å². The van der Waals surface area contributed by atoms with Crippen molar-refractivity contribution < 1.29 is 4.43 Å². The van der Waals surface area contributed by atoms with Crippen molar-refractivity contribution in [3.8, 4) is 0 Å². The normalized spacial score (nSPS) is 13.9. The summed E-state index contributed by atoms with van der Waals surface area (Å²) in [6.45, 7) is 5.04. The van der Waals surface area contributed by atoms with E-state index in [2.05, 4.69) is 11.9 Å². The fourth-order valence-corrected chi connectivity index (χ4v) is 1.82. The second-order valence-corrected chi connectivity index (χ2v) is 4.35. The van der Waals surface area contributed by atoms with Gasteiger partial charge in [-0.25, -0.2) is 0 Å². The van der Waals surface area contributed by atoms with Crippen molar-refractivity contribution in [2.75, 3.05) is 13.7 Å². The number of hydrogen-bond acceptors (Lipinski definition) is 2. The minimum atomic E-state index is -0.942. The highest BCUT2D eigenvalue weighted by molar-refractivity contribution is 6.48. The highest BCUT2D eigenvalue weighted by Gasteiger charge is 2.01. The quantitative estimate of drug-likeness (QED) is 0.563. The topological polar surface area (TPSA) is 21.3 Å². The van der Waals surface area contributed by atoms with E-state index in [0.29, 0.717) is 0 Å². The third-order valence-corrected chi connectivity index (χ3v) is 3.18. The van der Waals surface area contributed by atoms with E-state index < -0.39 is 9.20 Å². The maximum Gasteiger partial charge on any atom is 0.251 e. The summed E-state index contributed by atoms with van der Waals surface area (Å²) in [7, 11) is 1.03. The van der Waals surface area contributed by atoms with Crippen LogP contribution in [-0.4, -0.2) is 22.9 Å². The monoisotopic (exact) mass is 133 g/mol. The Kier molecular flexibility index (Phi) is 5.37. The first kappa shape index (κ1) is 8.14. The molecule has 3 heteroatoms. The van der Waals surface area contributed by atoms with Gasteiger partial charge in [-0.2, -0.15) is 0 Å². The Morgan fingerprint density at radius 1 is 1.50 bits per heavy atom. The van der Waals surface area contributed by atoms with Gasteiger partial charge in [-0.3, -0.25) is 0 Å². The lowest BCUT2D eigenvalue weighted by Crippen LogP contribution is -2.32. The molecule has 0 fully saturated rings. The minimum Gasteiger partial charge on any atom is -0.406 e. The first-order chi connectivity index (χ1) is 3.85. The Hall–Kier alpha value is 0.137. The molecule has 0 aliphatic carbocycles. The van der Waals surface area contributed by atoms with Gasteiger partial charge in [-0.15, -0.1) is 0 Å². The van der Waals surface area contributed by atoms with Crippen LogP contribution in [0.3, 0.4) is 0 Å². The molecular formula is C5H15NOSi. The molecule has 1 N–H and O–H groups in total. The molecular weight excluding hydrogens is 118 g/mol. The molecule has 0 bridgehead atoms. The highest BCUT2D eigenvalue weighted by Crippen LogP contribution is 1.86. The van der Waals surface area contributed by atoms with Crippen LogP contribution in [0.4, 0.5) is 0 Å². The van der Waals surface area contributed by atoms with E-state index in [9.17, 15) is 0 Å². The van der Waals surface area contributed by atoms with Crippen molar-refractivity contribution in [2.45, 2.75) is 19.9 Å². The maximum absolute atomic E-state index is 5.37. The molecule has 0 aliphatic rings. The second-order valence-electron chi connectivity index (χ2n) is 1.64. The van der Waals surface area contributed by atoms with Crippen LogP contribution in [0.1, 0.15) is 13.8 Å². The Morgan fingerprint density at radius 2 is 2.12 bits per heavy atom. The van der Waals surface area contributed by atoms with Crippen molar-refractivity contribution in [3.63, 3.8) is 0 Å². The van der Waals surface area contributed by atoms with Crippen LogP contribution < -0.4 is 4.98 Å². The molecule has 50 valence electrons. The van der Waals surface area contributed by atoms with Gasteiger partial charge < -0.3 is 9.41 Å². The Bertz CT molecular complexity index is 47.7. The van der Waals surface area contributed by atoms with Crippen LogP contribution in [0.5, 0.6) is 0 Å². The Morgan fingerprint density at radius 3 is 2.25 bits per heavy atom. The number of hydrogen-bond donors (Lipinski definition) is 1. The summed E-state index contributed by atoms with van der Waals surface area (Å²) in [5.74, 6) is 0. The van der Waals surface area contributed by atoms with Gasteiger partial charge in [0, 0.05) is 6.61 Å². The van der Waals surface area contributed by atoms with Gasteiger partial charge in [0.15, 0.2) is 0 Å². The third kappa shape index (κ3) is 3.18. The average Bonchev–Trinajstić information content (AvgIpc) is 1.83. The molecule has 1 atom stereocenters. The van der Waals surface area contributed by atoms with Crippen molar-refractivity contribution in [2.24, 2.45) is 0 Å². The third-order valence-electron chi connectivity index (χ3n) is 1.06. The summed E-state index contributed by atoms with van der Waals surface area (Å²) < 4.78 is 5.37. The van der Waals surface area contributed by atoms with Crippen LogP contribution in [0, 0.1) is 0 Å². The van der Waals surface area contributed by atoms with Gasteiger partial charge in [-0.05, 0) is 20.0 Å². The van der Waals surface area contributed by atoms with Crippen LogP contribution in [0.15, 0.2) is 0 Å². The Labute approximate surface area is 53.0 Å². The highest BCUT2D eigenvalue weighted by atomic mass is 28.3. The van der Waals surface area contributed by atoms with Crippen LogP contribution >= 0.6 is 0 Å². The molecule has 0 aromatic heterocycles. The molecule has 0 radical (unpaired) electrons. The van der Waals surface area contributed by atoms with E-state index in [1.807, 2.05) is 14.0 Å². The average molecular weight is 133 g/mol. The van der Waals surface area contributed by atoms with Gasteiger partial charge in [0.1, 0.15) is 0 Å². The Balaban J connectivity index is 3.07. The summed E-state index contributed by atoms with van der Waals surface area (Å²) in [6, 6.07) is 1.17. The van der Waals surface area contributed by atoms with E-state index in [-0.39, 0.29) is 0 Å². The van der Waals surface area contributed by atoms with E-state index >= 15 is 0 Å². The molecule has 0 spiro atoms. The molecule has 8 heavy (non-hydrogen) atoms. The van der Waals surface area contributed by atoms with Gasteiger partial charge in [0.2, 0.25) is 0 Å². The summed E-state index contributed by atoms with van der Waals surface area (Å²) in [6.07, 6.45) is 0. The lowest BCUT2D eigenvalue weighted by Gasteiger charge is -2.09. The fourth-order valence-electron chi connectivity index (χ4n) is 0.606. The smallest absolute Gasteiger partial charge is 0.251 e. The first-order valence-electron chi connectivity index (χ1n) is 3.14. The molecule has 0 saturated heterocycles. The lowest BCUT2D eigenvalue weighted by molar-refractivity contribution is 0.336. The van der Waals surface area contributed by atoms with Crippen LogP contribution in [0.2, 0.25) is 6.04 Å². The molecule has 2 nitrogen and oxygen atoms in total. The summed E-state index contributed by atoms with van der Waals surface area (Å²) >= 11 is 0. The fraction of sp³-hybridized carbons (Fsp3) is 1.00. The molecule has 0 saturated carbocycles. The molecule has 0 aromatic rings. The van der Waals surface area contributed by atoms with Crippen LogP contribution in [-0.2, 0) is 4.43 Å². The molecule has 0 rings (SSSR count). The first-order valence-corrected chi connectivity index (χ1v) is 5.00. The van der Waals surface area contributed by atoms with Crippen molar-refractivity contribution in [1.82, 2.24) is 4.98 Å². The SMILES string of the molecule is CCO[SiH](CC)NC. The summed E-state index contributed by atoms with van der Waals surface area (Å²) in [5.41, 5.74) is 0. The maximum atomic E-state index is 5.37. The minimum absolute atomic E-state index is 0.853. The largest absolute Gasteiger partial charge is 0.406 e. The zero-order valence-corrected chi connectivity index (χ0v) is 7.05. The van der Waals surface area contributed by atoms with Crippen molar-refractivity contribution in [3.05, 3.63) is 0 Å². The predicted octanol–water partition coefficient (Wildman–Crippen LogP) is 0.483. The van der Waals surface area contributed by atoms with Gasteiger partial charge in [0.05, 0.1) is 0 Å². The summed E-state index contributed by atoms with van der Waals surface area (Å²) in [5, 5.41) is 0. The second kappa shape index (κ2) is 5.28. The number of rotatable bonds is 4. The van der Waals surface area contributed by atoms with Gasteiger partial charge in [-0.1, -0.05) is 6.92 Å². The molecule has 0 aliphatic heterocycles. The van der Waals surface area contributed by atoms with Gasteiger partial charge in [0.25, 0.3) is 9.20 Å². The lowest BCUT2D eigenvalue weighted by atomic mass is 10.9. The number of nitrogens with one attached hydrogen (secondary N) is 1. The zero-order valence-electron chi connectivity index (χ0n) is 5.90. The molecule has 0 heterocycles. The molecule has 0 aromatic carbocycles. The van der Waals surface area contributed by atoms with E-state index in [1.165, 1.54) is 6.04 Å².